The molecule has 1 aliphatic rings. The highest BCUT2D eigenvalue weighted by molar-refractivity contribution is 7.87. The Balaban J connectivity index is 2.85. The molecule has 0 bridgehead atoms. The lowest BCUT2D eigenvalue weighted by Crippen LogP contribution is -2.52. The van der Waals surface area contributed by atoms with Crippen molar-refractivity contribution in [1.29, 1.82) is 0 Å². The normalized spacial score (nSPS) is 21.6. The van der Waals surface area contributed by atoms with Crippen molar-refractivity contribution in [2.75, 3.05) is 19.8 Å². The highest BCUT2D eigenvalue weighted by Gasteiger charge is 2.41. The maximum atomic E-state index is 12.1. The van der Waals surface area contributed by atoms with E-state index in [9.17, 15) is 18.0 Å². The monoisotopic (exact) mass is 310 g/mol. The van der Waals surface area contributed by atoms with E-state index in [2.05, 4.69) is 0 Å². The average Bonchev–Trinajstić information content (AvgIpc) is 2.86. The van der Waals surface area contributed by atoms with Crippen molar-refractivity contribution in [2.45, 2.75) is 31.8 Å². The Hall–Kier alpha value is -1.23. The predicted molar refractivity (Wildman–Crippen MR) is 66.9 cm³/mol. The topological polar surface area (TPSA) is 133 Å². The van der Waals surface area contributed by atoms with Crippen LogP contribution < -0.4 is 4.72 Å². The molecule has 20 heavy (non-hydrogen) atoms. The number of esters is 1. The van der Waals surface area contributed by atoms with Gasteiger partial charge < -0.3 is 14.9 Å². The third kappa shape index (κ3) is 3.88. The number of hydrogen-bond donors (Lipinski definition) is 3. The summed E-state index contributed by atoms with van der Waals surface area (Å²) in [7, 11) is -4.19. The van der Waals surface area contributed by atoms with Gasteiger partial charge in [-0.2, -0.15) is 17.4 Å². The molecule has 0 spiro atoms. The molecule has 1 saturated heterocycles. The highest BCUT2D eigenvalue weighted by atomic mass is 32.2. The van der Waals surface area contributed by atoms with E-state index in [4.69, 9.17) is 14.9 Å². The number of nitrogens with zero attached hydrogens (tertiary/aromatic N) is 1. The summed E-state index contributed by atoms with van der Waals surface area (Å²) in [5, 5.41) is 17.6. The van der Waals surface area contributed by atoms with E-state index in [1.807, 2.05) is 4.72 Å². The molecule has 3 N–H and O–H groups in total. The van der Waals surface area contributed by atoms with Crippen LogP contribution in [0.4, 0.5) is 0 Å². The summed E-state index contributed by atoms with van der Waals surface area (Å²) >= 11 is 0. The minimum Gasteiger partial charge on any atom is -0.480 e. The number of carbonyl (C=O) groups excluding carboxylic acids is 1. The van der Waals surface area contributed by atoms with Gasteiger partial charge in [0.1, 0.15) is 12.1 Å². The Bertz CT molecular complexity index is 464. The summed E-state index contributed by atoms with van der Waals surface area (Å²) in [6.07, 6.45) is 0.790. The summed E-state index contributed by atoms with van der Waals surface area (Å²) in [6, 6.07) is -2.61. The molecule has 1 rings (SSSR count). The second-order valence-corrected chi connectivity index (χ2v) is 5.87. The number of rotatable bonds is 7. The highest BCUT2D eigenvalue weighted by Crippen LogP contribution is 2.21. The fraction of sp³-hybridized carbons (Fsp3) is 0.800. The Morgan fingerprint density at radius 3 is 2.65 bits per heavy atom. The number of ether oxygens (including phenoxy) is 1. The molecule has 10 heteroatoms. The van der Waals surface area contributed by atoms with Crippen molar-refractivity contribution in [3.8, 4) is 0 Å². The number of aliphatic carboxylic acids is 1. The zero-order valence-corrected chi connectivity index (χ0v) is 11.8. The molecule has 0 aromatic rings. The van der Waals surface area contributed by atoms with Gasteiger partial charge in [0.05, 0.1) is 13.2 Å². The Labute approximate surface area is 116 Å². The predicted octanol–water partition coefficient (Wildman–Crippen LogP) is -1.71. The van der Waals surface area contributed by atoms with Gasteiger partial charge in [-0.25, -0.2) is 0 Å². The SMILES string of the molecule is CCOC(=O)C1CCCN1S(=O)(=O)N[C@@H](CO)C(=O)O. The number of aliphatic hydroxyl groups excluding tert-OH is 1. The molecule has 0 amide bonds. The van der Waals surface area contributed by atoms with Crippen molar-refractivity contribution < 1.29 is 33.0 Å². The number of aliphatic hydroxyl groups is 1. The summed E-state index contributed by atoms with van der Waals surface area (Å²) in [5.41, 5.74) is 0. The fourth-order valence-electron chi connectivity index (χ4n) is 1.92. The van der Waals surface area contributed by atoms with Gasteiger partial charge in [-0.05, 0) is 19.8 Å². The van der Waals surface area contributed by atoms with Crippen molar-refractivity contribution >= 4 is 22.1 Å². The second-order valence-electron chi connectivity index (χ2n) is 4.22. The molecule has 0 aromatic carbocycles. The van der Waals surface area contributed by atoms with E-state index in [1.54, 1.807) is 6.92 Å². The molecule has 0 aliphatic carbocycles. The van der Waals surface area contributed by atoms with Crippen LogP contribution in [0.15, 0.2) is 0 Å². The van der Waals surface area contributed by atoms with E-state index in [-0.39, 0.29) is 13.2 Å². The Kier molecular flexibility index (Phi) is 5.87. The molecule has 0 radical (unpaired) electrons. The molecule has 1 fully saturated rings. The van der Waals surface area contributed by atoms with E-state index in [1.165, 1.54) is 0 Å². The lowest BCUT2D eigenvalue weighted by atomic mass is 10.2. The van der Waals surface area contributed by atoms with Crippen LogP contribution in [0.3, 0.4) is 0 Å². The Morgan fingerprint density at radius 1 is 1.50 bits per heavy atom. The van der Waals surface area contributed by atoms with E-state index in [0.717, 1.165) is 4.31 Å². The van der Waals surface area contributed by atoms with Crippen molar-refractivity contribution in [2.24, 2.45) is 0 Å². The minimum absolute atomic E-state index is 0.0938. The molecule has 1 aliphatic heterocycles. The molecule has 0 aromatic heterocycles. The first-order chi connectivity index (χ1) is 9.33. The van der Waals surface area contributed by atoms with Gasteiger partial charge >= 0.3 is 11.9 Å². The summed E-state index contributed by atoms with van der Waals surface area (Å²) in [5.74, 6) is -2.16. The van der Waals surface area contributed by atoms with Gasteiger partial charge in [-0.1, -0.05) is 0 Å². The van der Waals surface area contributed by atoms with Gasteiger partial charge in [0.2, 0.25) is 0 Å². The maximum absolute atomic E-state index is 12.1. The van der Waals surface area contributed by atoms with Crippen LogP contribution in [-0.4, -0.2) is 66.7 Å². The lowest BCUT2D eigenvalue weighted by molar-refractivity contribution is -0.146. The molecule has 116 valence electrons. The van der Waals surface area contributed by atoms with E-state index >= 15 is 0 Å². The fourth-order valence-corrected chi connectivity index (χ4v) is 3.48. The minimum atomic E-state index is -4.19. The largest absolute Gasteiger partial charge is 0.480 e. The van der Waals surface area contributed by atoms with Crippen LogP contribution in [0.25, 0.3) is 0 Å². The first-order valence-electron chi connectivity index (χ1n) is 6.12. The molecule has 1 unspecified atom stereocenters. The van der Waals surface area contributed by atoms with Crippen LogP contribution >= 0.6 is 0 Å². The zero-order chi connectivity index (χ0) is 15.3. The van der Waals surface area contributed by atoms with Gasteiger partial charge in [-0.3, -0.25) is 9.59 Å². The van der Waals surface area contributed by atoms with Crippen molar-refractivity contribution in [3.63, 3.8) is 0 Å². The van der Waals surface area contributed by atoms with Gasteiger partial charge in [0, 0.05) is 6.54 Å². The Morgan fingerprint density at radius 2 is 2.15 bits per heavy atom. The van der Waals surface area contributed by atoms with Crippen LogP contribution in [-0.2, 0) is 24.5 Å². The van der Waals surface area contributed by atoms with Crippen LogP contribution in [0, 0.1) is 0 Å². The number of carbonyl (C=O) groups is 2. The van der Waals surface area contributed by atoms with Crippen LogP contribution in [0.5, 0.6) is 0 Å². The molecular weight excluding hydrogens is 292 g/mol. The number of carboxylic acid groups (broad SMARTS) is 1. The molecular formula is C10H18N2O7S. The summed E-state index contributed by atoms with van der Waals surface area (Å²) in [4.78, 5) is 22.4. The average molecular weight is 310 g/mol. The quantitative estimate of drug-likeness (QED) is 0.477. The number of nitrogens with one attached hydrogen (secondary N) is 1. The van der Waals surface area contributed by atoms with E-state index < -0.39 is 40.8 Å². The van der Waals surface area contributed by atoms with Gasteiger partial charge in [-0.15, -0.1) is 0 Å². The van der Waals surface area contributed by atoms with Crippen molar-refractivity contribution in [1.82, 2.24) is 9.03 Å². The number of hydrogen-bond acceptors (Lipinski definition) is 6. The first kappa shape index (κ1) is 16.8. The molecule has 1 heterocycles. The first-order valence-corrected chi connectivity index (χ1v) is 7.57. The smallest absolute Gasteiger partial charge is 0.324 e. The zero-order valence-electron chi connectivity index (χ0n) is 11.0. The summed E-state index contributed by atoms with van der Waals surface area (Å²) in [6.45, 7) is 0.949. The molecule has 9 nitrogen and oxygen atoms in total. The third-order valence-corrected chi connectivity index (χ3v) is 4.48. The standard InChI is InChI=1S/C10H18N2O7S/c1-2-19-10(16)8-4-3-5-12(8)20(17,18)11-7(6-13)9(14)15/h7-8,11,13H,2-6H2,1H3,(H,14,15)/t7-,8?/m0/s1. The van der Waals surface area contributed by atoms with Gasteiger partial charge in [0.25, 0.3) is 10.2 Å². The molecule has 0 saturated carbocycles. The number of carboxylic acids is 1. The maximum Gasteiger partial charge on any atom is 0.324 e. The van der Waals surface area contributed by atoms with Gasteiger partial charge in [0.15, 0.2) is 0 Å². The van der Waals surface area contributed by atoms with Crippen LogP contribution in [0.2, 0.25) is 0 Å². The third-order valence-electron chi connectivity index (χ3n) is 2.84. The lowest BCUT2D eigenvalue weighted by Gasteiger charge is -2.24. The summed E-state index contributed by atoms with van der Waals surface area (Å²) < 4.78 is 31.6. The van der Waals surface area contributed by atoms with Crippen LogP contribution in [0.1, 0.15) is 19.8 Å². The molecule has 2 atom stereocenters. The van der Waals surface area contributed by atoms with Crippen molar-refractivity contribution in [3.05, 3.63) is 0 Å². The second kappa shape index (κ2) is 6.97. The van der Waals surface area contributed by atoms with E-state index in [0.29, 0.717) is 12.8 Å².